The second kappa shape index (κ2) is 6.29. The monoisotopic (exact) mass is 310 g/mol. The van der Waals surface area contributed by atoms with Crippen molar-refractivity contribution >= 4 is 29.1 Å². The number of phenols is 1. The van der Waals surface area contributed by atoms with Gasteiger partial charge in [-0.25, -0.2) is 4.39 Å². The number of hydrogen-bond donors (Lipinski definition) is 1. The number of carbonyl (C=O) groups is 1. The number of aromatic hydroxyl groups is 1. The van der Waals surface area contributed by atoms with Crippen LogP contribution in [0.25, 0.3) is 0 Å². The minimum absolute atomic E-state index is 0.000224. The van der Waals surface area contributed by atoms with Crippen molar-refractivity contribution in [1.82, 2.24) is 0 Å². The lowest BCUT2D eigenvalue weighted by Crippen LogP contribution is -1.97. The fourth-order valence-electron chi connectivity index (χ4n) is 1.75. The van der Waals surface area contributed by atoms with E-state index in [1.165, 1.54) is 24.8 Å². The van der Waals surface area contributed by atoms with Crippen LogP contribution in [-0.2, 0) is 5.75 Å². The van der Waals surface area contributed by atoms with Crippen molar-refractivity contribution in [3.63, 3.8) is 0 Å². The zero-order valence-electron chi connectivity index (χ0n) is 10.7. The molecule has 0 amide bonds. The summed E-state index contributed by atoms with van der Waals surface area (Å²) >= 11 is 7.41. The lowest BCUT2D eigenvalue weighted by atomic mass is 10.1. The fraction of sp³-hybridized carbons (Fsp3) is 0.133. The van der Waals surface area contributed by atoms with E-state index in [4.69, 9.17) is 11.6 Å². The van der Waals surface area contributed by atoms with Crippen LogP contribution in [0.2, 0.25) is 5.02 Å². The molecule has 0 atom stereocenters. The Morgan fingerprint density at radius 3 is 2.70 bits per heavy atom. The van der Waals surface area contributed by atoms with Gasteiger partial charge in [0.15, 0.2) is 5.78 Å². The van der Waals surface area contributed by atoms with Crippen molar-refractivity contribution in [3.05, 3.63) is 58.4 Å². The van der Waals surface area contributed by atoms with Crippen LogP contribution in [0.1, 0.15) is 22.8 Å². The molecule has 2 aromatic carbocycles. The first kappa shape index (κ1) is 14.9. The third-order valence-electron chi connectivity index (χ3n) is 2.75. The molecule has 0 aliphatic rings. The second-order valence-corrected chi connectivity index (χ2v) is 5.66. The standard InChI is InChI=1S/C15H12ClFO2S/c1-9(18)12-7-11(17)6-10(15(12)19)8-20-14-5-3-2-4-13(14)16/h2-7,19H,8H2,1H3. The Morgan fingerprint density at radius 2 is 2.05 bits per heavy atom. The molecular weight excluding hydrogens is 299 g/mol. The lowest BCUT2D eigenvalue weighted by Gasteiger charge is -2.09. The molecule has 2 aromatic rings. The Morgan fingerprint density at radius 1 is 1.35 bits per heavy atom. The van der Waals surface area contributed by atoms with Crippen molar-refractivity contribution < 1.29 is 14.3 Å². The van der Waals surface area contributed by atoms with E-state index in [1.54, 1.807) is 6.07 Å². The van der Waals surface area contributed by atoms with Gasteiger partial charge in [0.2, 0.25) is 0 Å². The van der Waals surface area contributed by atoms with E-state index in [9.17, 15) is 14.3 Å². The van der Waals surface area contributed by atoms with E-state index in [2.05, 4.69) is 0 Å². The summed E-state index contributed by atoms with van der Waals surface area (Å²) in [4.78, 5) is 12.2. The van der Waals surface area contributed by atoms with Crippen molar-refractivity contribution in [2.45, 2.75) is 17.6 Å². The quantitative estimate of drug-likeness (QED) is 0.658. The molecule has 0 bridgehead atoms. The Labute approximate surface area is 125 Å². The summed E-state index contributed by atoms with van der Waals surface area (Å²) in [6.45, 7) is 1.29. The van der Waals surface area contributed by atoms with Crippen molar-refractivity contribution in [1.29, 1.82) is 0 Å². The van der Waals surface area contributed by atoms with Gasteiger partial charge in [0.05, 0.1) is 10.6 Å². The third-order valence-corrected chi connectivity index (χ3v) is 4.32. The van der Waals surface area contributed by atoms with Crippen LogP contribution in [0.3, 0.4) is 0 Å². The molecule has 2 nitrogen and oxygen atoms in total. The van der Waals surface area contributed by atoms with Gasteiger partial charge in [-0.15, -0.1) is 11.8 Å². The highest BCUT2D eigenvalue weighted by molar-refractivity contribution is 7.98. The summed E-state index contributed by atoms with van der Waals surface area (Å²) in [5.74, 6) is -0.750. The van der Waals surface area contributed by atoms with E-state index >= 15 is 0 Å². The van der Waals surface area contributed by atoms with Gasteiger partial charge in [0, 0.05) is 16.2 Å². The van der Waals surface area contributed by atoms with E-state index < -0.39 is 5.82 Å². The van der Waals surface area contributed by atoms with E-state index in [0.29, 0.717) is 16.3 Å². The minimum atomic E-state index is -0.539. The van der Waals surface area contributed by atoms with Gasteiger partial charge >= 0.3 is 0 Å². The molecule has 0 aliphatic carbocycles. The number of phenolic OH excluding ortho intramolecular Hbond substituents is 1. The number of rotatable bonds is 4. The average Bonchev–Trinajstić information content (AvgIpc) is 2.40. The van der Waals surface area contributed by atoms with Gasteiger partial charge < -0.3 is 5.11 Å². The molecule has 0 aliphatic heterocycles. The molecule has 5 heteroatoms. The van der Waals surface area contributed by atoms with E-state index in [-0.39, 0.29) is 17.1 Å². The molecule has 2 rings (SSSR count). The number of benzene rings is 2. The normalized spacial score (nSPS) is 10.6. The fourth-order valence-corrected chi connectivity index (χ4v) is 2.96. The van der Waals surface area contributed by atoms with Crippen LogP contribution in [0.5, 0.6) is 5.75 Å². The highest BCUT2D eigenvalue weighted by Crippen LogP contribution is 2.33. The second-order valence-electron chi connectivity index (χ2n) is 4.24. The molecule has 0 radical (unpaired) electrons. The summed E-state index contributed by atoms with van der Waals surface area (Å²) in [6, 6.07) is 9.54. The number of Topliss-reactive ketones (excluding diaryl/α,β-unsaturated/α-hetero) is 1. The molecule has 1 N–H and O–H groups in total. The summed E-state index contributed by atoms with van der Waals surface area (Å²) in [7, 11) is 0. The number of carbonyl (C=O) groups excluding carboxylic acids is 1. The first-order chi connectivity index (χ1) is 9.49. The molecule has 0 heterocycles. The maximum Gasteiger partial charge on any atom is 0.163 e. The van der Waals surface area contributed by atoms with Gasteiger partial charge in [0.1, 0.15) is 11.6 Å². The predicted octanol–water partition coefficient (Wildman–Crippen LogP) is 4.68. The van der Waals surface area contributed by atoms with Crippen molar-refractivity contribution in [2.24, 2.45) is 0 Å². The summed E-state index contributed by atoms with van der Waals surface area (Å²) in [5.41, 5.74) is 0.375. The Kier molecular flexibility index (Phi) is 4.68. The number of ketones is 1. The number of hydrogen-bond acceptors (Lipinski definition) is 3. The molecule has 0 fully saturated rings. The smallest absolute Gasteiger partial charge is 0.163 e. The van der Waals surface area contributed by atoms with Gasteiger partial charge in [-0.2, -0.15) is 0 Å². The zero-order chi connectivity index (χ0) is 14.7. The van der Waals surface area contributed by atoms with E-state index in [1.807, 2.05) is 18.2 Å². The van der Waals surface area contributed by atoms with Crippen LogP contribution in [-0.4, -0.2) is 10.9 Å². The molecule has 0 saturated heterocycles. The molecule has 0 saturated carbocycles. The van der Waals surface area contributed by atoms with Gasteiger partial charge in [0.25, 0.3) is 0 Å². The first-order valence-corrected chi connectivity index (χ1v) is 7.25. The first-order valence-electron chi connectivity index (χ1n) is 5.88. The molecule has 20 heavy (non-hydrogen) atoms. The van der Waals surface area contributed by atoms with Crippen LogP contribution in [0.15, 0.2) is 41.3 Å². The summed E-state index contributed by atoms with van der Waals surface area (Å²) in [5, 5.41) is 10.6. The summed E-state index contributed by atoms with van der Waals surface area (Å²) in [6.07, 6.45) is 0. The van der Waals surface area contributed by atoms with Crippen LogP contribution < -0.4 is 0 Å². The Balaban J connectivity index is 2.26. The van der Waals surface area contributed by atoms with Crippen LogP contribution in [0, 0.1) is 5.82 Å². The maximum atomic E-state index is 13.5. The molecular formula is C15H12ClFO2S. The highest BCUT2D eigenvalue weighted by Gasteiger charge is 2.14. The van der Waals surface area contributed by atoms with Crippen molar-refractivity contribution in [2.75, 3.05) is 0 Å². The van der Waals surface area contributed by atoms with Crippen LogP contribution in [0.4, 0.5) is 4.39 Å². The molecule has 0 aromatic heterocycles. The minimum Gasteiger partial charge on any atom is -0.507 e. The molecule has 0 unspecified atom stereocenters. The molecule has 104 valence electrons. The van der Waals surface area contributed by atoms with Gasteiger partial charge in [-0.3, -0.25) is 4.79 Å². The lowest BCUT2D eigenvalue weighted by molar-refractivity contribution is 0.101. The van der Waals surface area contributed by atoms with Gasteiger partial charge in [-0.05, 0) is 31.2 Å². The molecule has 0 spiro atoms. The van der Waals surface area contributed by atoms with E-state index in [0.717, 1.165) is 11.0 Å². The maximum absolute atomic E-state index is 13.5. The van der Waals surface area contributed by atoms with Crippen LogP contribution >= 0.6 is 23.4 Å². The average molecular weight is 311 g/mol. The number of thioether (sulfide) groups is 1. The zero-order valence-corrected chi connectivity index (χ0v) is 12.3. The topological polar surface area (TPSA) is 37.3 Å². The Hall–Kier alpha value is -1.52. The SMILES string of the molecule is CC(=O)c1cc(F)cc(CSc2ccccc2Cl)c1O. The highest BCUT2D eigenvalue weighted by atomic mass is 35.5. The number of halogens is 2. The van der Waals surface area contributed by atoms with Gasteiger partial charge in [-0.1, -0.05) is 23.7 Å². The Bertz CT molecular complexity index is 658. The third kappa shape index (κ3) is 3.32. The van der Waals surface area contributed by atoms with Crippen molar-refractivity contribution in [3.8, 4) is 5.75 Å². The predicted molar refractivity (Wildman–Crippen MR) is 79.1 cm³/mol. The largest absolute Gasteiger partial charge is 0.507 e. The summed E-state index contributed by atoms with van der Waals surface area (Å²) < 4.78 is 13.5.